The highest BCUT2D eigenvalue weighted by atomic mass is 35.5. The molecule has 2 aromatic rings. The number of hydrogen-bond acceptors (Lipinski definition) is 5. The van der Waals surface area contributed by atoms with E-state index >= 15 is 0 Å². The predicted octanol–water partition coefficient (Wildman–Crippen LogP) is 4.05. The maximum Gasteiger partial charge on any atom is 0.271 e. The van der Waals surface area contributed by atoms with Gasteiger partial charge in [0.05, 0.1) is 22.7 Å². The highest BCUT2D eigenvalue weighted by Crippen LogP contribution is 2.27. The van der Waals surface area contributed by atoms with Crippen molar-refractivity contribution in [3.8, 4) is 11.5 Å². The van der Waals surface area contributed by atoms with Crippen LogP contribution in [0.5, 0.6) is 11.5 Å². The van der Waals surface area contributed by atoms with Crippen molar-refractivity contribution in [2.45, 2.75) is 19.4 Å². The second-order valence-corrected chi connectivity index (χ2v) is 5.51. The minimum absolute atomic E-state index is 0.163. The molecular weight excluding hydrogens is 348 g/mol. The van der Waals surface area contributed by atoms with E-state index in [1.54, 1.807) is 38.3 Å². The summed E-state index contributed by atoms with van der Waals surface area (Å²) in [4.78, 5) is 22.7. The molecule has 0 unspecified atom stereocenters. The third-order valence-corrected chi connectivity index (χ3v) is 3.75. The zero-order valence-electron chi connectivity index (χ0n) is 13.7. The van der Waals surface area contributed by atoms with Crippen LogP contribution in [0.1, 0.15) is 13.3 Å². The number of carbonyl (C=O) groups excluding carboxylic acids is 1. The summed E-state index contributed by atoms with van der Waals surface area (Å²) in [5, 5.41) is 13.6. The first-order chi connectivity index (χ1) is 11.9. The maximum atomic E-state index is 12.4. The summed E-state index contributed by atoms with van der Waals surface area (Å²) in [6.07, 6.45) is -0.367. The van der Waals surface area contributed by atoms with Crippen molar-refractivity contribution in [3.05, 3.63) is 57.6 Å². The van der Waals surface area contributed by atoms with Crippen LogP contribution < -0.4 is 14.8 Å². The van der Waals surface area contributed by atoms with Gasteiger partial charge in [-0.3, -0.25) is 14.9 Å². The van der Waals surface area contributed by atoms with E-state index in [-0.39, 0.29) is 16.4 Å². The Bertz CT molecular complexity index is 764. The third kappa shape index (κ3) is 4.84. The Balaban J connectivity index is 2.11. The molecule has 0 spiro atoms. The fourth-order valence-corrected chi connectivity index (χ4v) is 2.24. The van der Waals surface area contributed by atoms with Crippen LogP contribution in [0.15, 0.2) is 42.5 Å². The van der Waals surface area contributed by atoms with Gasteiger partial charge in [0, 0.05) is 12.1 Å². The number of rotatable bonds is 7. The summed E-state index contributed by atoms with van der Waals surface area (Å²) < 4.78 is 10.7. The molecular formula is C17H17ClN2O5. The molecule has 25 heavy (non-hydrogen) atoms. The highest BCUT2D eigenvalue weighted by molar-refractivity contribution is 6.33. The lowest BCUT2D eigenvalue weighted by Crippen LogP contribution is -2.32. The molecule has 132 valence electrons. The summed E-state index contributed by atoms with van der Waals surface area (Å²) in [7, 11) is 1.56. The molecule has 1 N–H and O–H groups in total. The number of anilines is 1. The number of nitro groups is 1. The summed E-state index contributed by atoms with van der Waals surface area (Å²) >= 11 is 5.99. The molecule has 1 atom stereocenters. The maximum absolute atomic E-state index is 12.4. The number of non-ortho nitro benzene ring substituents is 1. The summed E-state index contributed by atoms with van der Waals surface area (Å²) in [6.45, 7) is 1.79. The van der Waals surface area contributed by atoms with Crippen LogP contribution in [-0.2, 0) is 4.79 Å². The second kappa shape index (κ2) is 8.34. The monoisotopic (exact) mass is 364 g/mol. The molecule has 1 amide bonds. The number of ether oxygens (including phenoxy) is 2. The number of hydrogen-bond donors (Lipinski definition) is 1. The number of methoxy groups -OCH3 is 1. The van der Waals surface area contributed by atoms with Gasteiger partial charge in [0.25, 0.3) is 11.6 Å². The van der Waals surface area contributed by atoms with E-state index in [1.807, 2.05) is 0 Å². The van der Waals surface area contributed by atoms with Gasteiger partial charge in [0.15, 0.2) is 6.10 Å². The number of amides is 1. The number of halogens is 1. The minimum atomic E-state index is -0.774. The van der Waals surface area contributed by atoms with Gasteiger partial charge in [0.1, 0.15) is 11.5 Å². The van der Waals surface area contributed by atoms with Crippen LogP contribution in [0.2, 0.25) is 5.02 Å². The Kier molecular flexibility index (Phi) is 6.19. The van der Waals surface area contributed by atoms with Crippen molar-refractivity contribution in [2.75, 3.05) is 12.4 Å². The van der Waals surface area contributed by atoms with Crippen LogP contribution in [0.25, 0.3) is 0 Å². The van der Waals surface area contributed by atoms with Gasteiger partial charge in [-0.05, 0) is 36.8 Å². The molecule has 0 saturated carbocycles. The molecule has 0 aliphatic rings. The molecule has 0 aromatic heterocycles. The lowest BCUT2D eigenvalue weighted by atomic mass is 10.2. The third-order valence-electron chi connectivity index (χ3n) is 3.42. The van der Waals surface area contributed by atoms with E-state index < -0.39 is 16.9 Å². The summed E-state index contributed by atoms with van der Waals surface area (Å²) in [5.41, 5.74) is 0.00136. The smallest absolute Gasteiger partial charge is 0.271 e. The van der Waals surface area contributed by atoms with Crippen molar-refractivity contribution in [1.82, 2.24) is 0 Å². The molecule has 7 nitrogen and oxygen atoms in total. The average Bonchev–Trinajstić information content (AvgIpc) is 2.61. The molecule has 0 aliphatic carbocycles. The van der Waals surface area contributed by atoms with Crippen LogP contribution in [0.4, 0.5) is 11.4 Å². The molecule has 2 aromatic carbocycles. The Morgan fingerprint density at radius 1 is 1.24 bits per heavy atom. The molecule has 8 heteroatoms. The molecule has 0 saturated heterocycles. The number of carbonyl (C=O) groups is 1. The first-order valence-corrected chi connectivity index (χ1v) is 7.88. The molecule has 0 aliphatic heterocycles. The Hall–Kier alpha value is -2.80. The first-order valence-electron chi connectivity index (χ1n) is 7.50. The molecule has 2 rings (SSSR count). The molecule has 0 heterocycles. The van der Waals surface area contributed by atoms with E-state index in [0.29, 0.717) is 17.9 Å². The van der Waals surface area contributed by atoms with Crippen molar-refractivity contribution >= 4 is 28.9 Å². The standard InChI is InChI=1S/C17H17ClN2O5/c1-3-16(25-13-7-5-12(24-2)6-8-13)17(21)19-15-10-11(20(22)23)4-9-14(15)18/h4-10,16H,3H2,1-2H3,(H,19,21)/t16-/m0/s1. The van der Waals surface area contributed by atoms with Crippen molar-refractivity contribution in [1.29, 1.82) is 0 Å². The lowest BCUT2D eigenvalue weighted by molar-refractivity contribution is -0.384. The zero-order valence-corrected chi connectivity index (χ0v) is 14.4. The highest BCUT2D eigenvalue weighted by Gasteiger charge is 2.20. The van der Waals surface area contributed by atoms with Gasteiger partial charge in [-0.1, -0.05) is 18.5 Å². The Labute approximate surface area is 149 Å². The van der Waals surface area contributed by atoms with Gasteiger partial charge in [-0.15, -0.1) is 0 Å². The van der Waals surface area contributed by atoms with Gasteiger partial charge in [-0.25, -0.2) is 0 Å². The van der Waals surface area contributed by atoms with E-state index in [0.717, 1.165) is 0 Å². The molecule has 0 bridgehead atoms. The second-order valence-electron chi connectivity index (χ2n) is 5.10. The van der Waals surface area contributed by atoms with E-state index in [2.05, 4.69) is 5.32 Å². The van der Waals surface area contributed by atoms with E-state index in [4.69, 9.17) is 21.1 Å². The SMILES string of the molecule is CC[C@H](Oc1ccc(OC)cc1)C(=O)Nc1cc([N+](=O)[O-])ccc1Cl. The number of nitrogens with one attached hydrogen (secondary N) is 1. The fraction of sp³-hybridized carbons (Fsp3) is 0.235. The van der Waals surface area contributed by atoms with E-state index in [1.165, 1.54) is 18.2 Å². The average molecular weight is 365 g/mol. The molecule has 0 radical (unpaired) electrons. The first kappa shape index (κ1) is 18.5. The van der Waals surface area contributed by atoms with Gasteiger partial charge < -0.3 is 14.8 Å². The molecule has 0 fully saturated rings. The van der Waals surface area contributed by atoms with Gasteiger partial charge >= 0.3 is 0 Å². The topological polar surface area (TPSA) is 90.7 Å². The summed E-state index contributed by atoms with van der Waals surface area (Å²) in [5.74, 6) is 0.738. The predicted molar refractivity (Wildman–Crippen MR) is 94.4 cm³/mol. The normalized spacial score (nSPS) is 11.5. The van der Waals surface area contributed by atoms with E-state index in [9.17, 15) is 14.9 Å². The lowest BCUT2D eigenvalue weighted by Gasteiger charge is -2.18. The summed E-state index contributed by atoms with van der Waals surface area (Å²) in [6, 6.07) is 10.7. The minimum Gasteiger partial charge on any atom is -0.497 e. The van der Waals surface area contributed by atoms with Crippen LogP contribution in [0, 0.1) is 10.1 Å². The Morgan fingerprint density at radius 2 is 1.88 bits per heavy atom. The van der Waals surface area contributed by atoms with Crippen molar-refractivity contribution in [2.24, 2.45) is 0 Å². The zero-order chi connectivity index (χ0) is 18.4. The van der Waals surface area contributed by atoms with Crippen LogP contribution >= 0.6 is 11.6 Å². The van der Waals surface area contributed by atoms with Gasteiger partial charge in [-0.2, -0.15) is 0 Å². The number of nitrogens with zero attached hydrogens (tertiary/aromatic N) is 1. The fourth-order valence-electron chi connectivity index (χ4n) is 2.08. The van der Waals surface area contributed by atoms with Crippen molar-refractivity contribution < 1.29 is 19.2 Å². The quantitative estimate of drug-likeness (QED) is 0.591. The van der Waals surface area contributed by atoms with Crippen molar-refractivity contribution in [3.63, 3.8) is 0 Å². The van der Waals surface area contributed by atoms with Gasteiger partial charge in [0.2, 0.25) is 0 Å². The van der Waals surface area contributed by atoms with Crippen LogP contribution in [0.3, 0.4) is 0 Å². The van der Waals surface area contributed by atoms with Crippen LogP contribution in [-0.4, -0.2) is 24.0 Å². The Morgan fingerprint density at radius 3 is 2.44 bits per heavy atom. The number of benzene rings is 2. The number of nitro benzene ring substituents is 1. The largest absolute Gasteiger partial charge is 0.497 e.